The number of aliphatic hydroxyl groups excluding tert-OH is 2. The standard InChI is InChI=1S/C10H13BrClNO2/c11-7-1-2-8(9(12)5-7)10(15)6-13-3-4-14/h1-2,5,10,13-15H,3-4,6H2. The molecular formula is C10H13BrClNO2. The summed E-state index contributed by atoms with van der Waals surface area (Å²) in [6.45, 7) is 0.897. The van der Waals surface area contributed by atoms with E-state index in [0.717, 1.165) is 4.47 Å². The quantitative estimate of drug-likeness (QED) is 0.725. The normalized spacial score (nSPS) is 12.8. The fourth-order valence-corrected chi connectivity index (χ4v) is 2.00. The van der Waals surface area contributed by atoms with Crippen molar-refractivity contribution in [3.63, 3.8) is 0 Å². The van der Waals surface area contributed by atoms with E-state index in [1.165, 1.54) is 0 Å². The number of hydrogen-bond acceptors (Lipinski definition) is 3. The molecule has 0 aliphatic heterocycles. The van der Waals surface area contributed by atoms with Gasteiger partial charge in [0.05, 0.1) is 12.7 Å². The summed E-state index contributed by atoms with van der Waals surface area (Å²) >= 11 is 9.26. The van der Waals surface area contributed by atoms with Crippen LogP contribution in [0.15, 0.2) is 22.7 Å². The second-order valence-corrected chi connectivity index (χ2v) is 4.43. The zero-order chi connectivity index (χ0) is 11.3. The van der Waals surface area contributed by atoms with Crippen LogP contribution in [0.4, 0.5) is 0 Å². The van der Waals surface area contributed by atoms with Gasteiger partial charge >= 0.3 is 0 Å². The van der Waals surface area contributed by atoms with Gasteiger partial charge in [-0.25, -0.2) is 0 Å². The molecule has 3 nitrogen and oxygen atoms in total. The first-order valence-electron chi connectivity index (χ1n) is 4.59. The Morgan fingerprint density at radius 3 is 2.80 bits per heavy atom. The van der Waals surface area contributed by atoms with Gasteiger partial charge < -0.3 is 15.5 Å². The Hall–Kier alpha value is -0.130. The molecule has 1 aromatic rings. The maximum Gasteiger partial charge on any atom is 0.0928 e. The molecule has 0 amide bonds. The second-order valence-electron chi connectivity index (χ2n) is 3.11. The molecule has 0 spiro atoms. The smallest absolute Gasteiger partial charge is 0.0928 e. The van der Waals surface area contributed by atoms with Gasteiger partial charge in [0.15, 0.2) is 0 Å². The highest BCUT2D eigenvalue weighted by atomic mass is 79.9. The van der Waals surface area contributed by atoms with Gasteiger partial charge in [-0.2, -0.15) is 0 Å². The highest BCUT2D eigenvalue weighted by Crippen LogP contribution is 2.25. The Kier molecular flexibility index (Phi) is 5.56. The van der Waals surface area contributed by atoms with E-state index < -0.39 is 6.10 Å². The maximum atomic E-state index is 9.77. The van der Waals surface area contributed by atoms with Crippen LogP contribution in [0.25, 0.3) is 0 Å². The van der Waals surface area contributed by atoms with E-state index in [1.807, 2.05) is 6.07 Å². The molecule has 1 unspecified atom stereocenters. The number of hydrogen-bond donors (Lipinski definition) is 3. The zero-order valence-corrected chi connectivity index (χ0v) is 10.4. The zero-order valence-electron chi connectivity index (χ0n) is 8.08. The molecule has 1 rings (SSSR count). The molecule has 0 heterocycles. The van der Waals surface area contributed by atoms with Crippen LogP contribution in [-0.2, 0) is 0 Å². The summed E-state index contributed by atoms with van der Waals surface area (Å²) < 4.78 is 0.881. The summed E-state index contributed by atoms with van der Waals surface area (Å²) in [6.07, 6.45) is -0.655. The molecule has 5 heteroatoms. The fraction of sp³-hybridized carbons (Fsp3) is 0.400. The van der Waals surface area contributed by atoms with Crippen LogP contribution in [0.1, 0.15) is 11.7 Å². The Morgan fingerprint density at radius 2 is 2.20 bits per heavy atom. The van der Waals surface area contributed by atoms with E-state index in [2.05, 4.69) is 21.2 Å². The minimum atomic E-state index is -0.655. The molecule has 1 aromatic carbocycles. The Balaban J connectivity index is 2.61. The molecular weight excluding hydrogens is 281 g/mol. The molecule has 3 N–H and O–H groups in total. The Bertz CT molecular complexity index is 322. The predicted octanol–water partition coefficient (Wildman–Crippen LogP) is 1.72. The highest BCUT2D eigenvalue weighted by molar-refractivity contribution is 9.10. The molecule has 15 heavy (non-hydrogen) atoms. The molecule has 1 atom stereocenters. The average molecular weight is 295 g/mol. The van der Waals surface area contributed by atoms with Crippen molar-refractivity contribution in [3.05, 3.63) is 33.3 Å². The largest absolute Gasteiger partial charge is 0.395 e. The topological polar surface area (TPSA) is 52.5 Å². The van der Waals surface area contributed by atoms with Crippen LogP contribution in [-0.4, -0.2) is 29.9 Å². The molecule has 84 valence electrons. The van der Waals surface area contributed by atoms with Crippen molar-refractivity contribution in [2.45, 2.75) is 6.10 Å². The van der Waals surface area contributed by atoms with Gasteiger partial charge in [0.25, 0.3) is 0 Å². The molecule has 0 saturated carbocycles. The number of nitrogens with one attached hydrogen (secondary N) is 1. The van der Waals surface area contributed by atoms with Crippen LogP contribution >= 0.6 is 27.5 Å². The number of rotatable bonds is 5. The molecule has 0 radical (unpaired) electrons. The van der Waals surface area contributed by atoms with E-state index in [-0.39, 0.29) is 6.61 Å². The van der Waals surface area contributed by atoms with Crippen LogP contribution in [0.2, 0.25) is 5.02 Å². The fourth-order valence-electron chi connectivity index (χ4n) is 1.20. The lowest BCUT2D eigenvalue weighted by Gasteiger charge is -2.13. The average Bonchev–Trinajstić information content (AvgIpc) is 2.17. The van der Waals surface area contributed by atoms with Gasteiger partial charge in [-0.05, 0) is 12.1 Å². The van der Waals surface area contributed by atoms with Crippen molar-refractivity contribution in [1.29, 1.82) is 0 Å². The summed E-state index contributed by atoms with van der Waals surface area (Å²) in [4.78, 5) is 0. The lowest BCUT2D eigenvalue weighted by molar-refractivity contribution is 0.171. The van der Waals surface area contributed by atoms with Crippen molar-refractivity contribution < 1.29 is 10.2 Å². The van der Waals surface area contributed by atoms with Crippen molar-refractivity contribution in [3.8, 4) is 0 Å². The predicted molar refractivity (Wildman–Crippen MR) is 64.1 cm³/mol. The molecule has 0 bridgehead atoms. The maximum absolute atomic E-state index is 9.77. The van der Waals surface area contributed by atoms with E-state index in [4.69, 9.17) is 16.7 Å². The summed E-state index contributed by atoms with van der Waals surface area (Å²) in [5, 5.41) is 21.8. The van der Waals surface area contributed by atoms with E-state index >= 15 is 0 Å². The first kappa shape index (κ1) is 12.9. The number of aliphatic hydroxyl groups is 2. The second kappa shape index (κ2) is 6.45. The van der Waals surface area contributed by atoms with Gasteiger partial charge in [-0.1, -0.05) is 33.6 Å². The molecule has 0 fully saturated rings. The third kappa shape index (κ3) is 4.09. The third-order valence-electron chi connectivity index (χ3n) is 1.95. The number of benzene rings is 1. The summed E-state index contributed by atoms with van der Waals surface area (Å²) in [5.74, 6) is 0. The van der Waals surface area contributed by atoms with Gasteiger partial charge in [-0.3, -0.25) is 0 Å². The molecule has 0 saturated heterocycles. The van der Waals surface area contributed by atoms with Crippen LogP contribution in [0.3, 0.4) is 0 Å². The van der Waals surface area contributed by atoms with E-state index in [9.17, 15) is 5.11 Å². The van der Waals surface area contributed by atoms with Gasteiger partial charge in [0.2, 0.25) is 0 Å². The third-order valence-corrected chi connectivity index (χ3v) is 2.77. The monoisotopic (exact) mass is 293 g/mol. The van der Waals surface area contributed by atoms with Gasteiger partial charge in [-0.15, -0.1) is 0 Å². The Labute approximate surface area is 102 Å². The lowest BCUT2D eigenvalue weighted by Crippen LogP contribution is -2.24. The molecule has 0 aliphatic rings. The minimum absolute atomic E-state index is 0.0563. The van der Waals surface area contributed by atoms with Crippen molar-refractivity contribution in [2.24, 2.45) is 0 Å². The van der Waals surface area contributed by atoms with Gasteiger partial charge in [0.1, 0.15) is 0 Å². The summed E-state index contributed by atoms with van der Waals surface area (Å²) in [5.41, 5.74) is 0.685. The van der Waals surface area contributed by atoms with Crippen molar-refractivity contribution in [1.82, 2.24) is 5.32 Å². The molecule has 0 aromatic heterocycles. The van der Waals surface area contributed by atoms with Crippen molar-refractivity contribution >= 4 is 27.5 Å². The highest BCUT2D eigenvalue weighted by Gasteiger charge is 2.10. The van der Waals surface area contributed by atoms with Gasteiger partial charge in [0, 0.05) is 28.1 Å². The first-order chi connectivity index (χ1) is 7.15. The minimum Gasteiger partial charge on any atom is -0.395 e. The van der Waals surface area contributed by atoms with E-state index in [0.29, 0.717) is 23.7 Å². The number of halogens is 2. The van der Waals surface area contributed by atoms with Crippen LogP contribution in [0.5, 0.6) is 0 Å². The van der Waals surface area contributed by atoms with E-state index in [1.54, 1.807) is 12.1 Å². The Morgan fingerprint density at radius 1 is 1.47 bits per heavy atom. The molecule has 0 aliphatic carbocycles. The van der Waals surface area contributed by atoms with Crippen molar-refractivity contribution in [2.75, 3.05) is 19.7 Å². The van der Waals surface area contributed by atoms with Crippen LogP contribution < -0.4 is 5.32 Å². The first-order valence-corrected chi connectivity index (χ1v) is 5.77. The SMILES string of the molecule is OCCNCC(O)c1ccc(Br)cc1Cl. The lowest BCUT2D eigenvalue weighted by atomic mass is 10.1. The van der Waals surface area contributed by atoms with Crippen LogP contribution in [0, 0.1) is 0 Å². The summed E-state index contributed by atoms with van der Waals surface area (Å²) in [6, 6.07) is 5.35. The summed E-state index contributed by atoms with van der Waals surface area (Å²) in [7, 11) is 0.